The molecule has 1 saturated heterocycles. The van der Waals surface area contributed by atoms with E-state index in [4.69, 9.17) is 14.2 Å². The quantitative estimate of drug-likeness (QED) is 0.178. The van der Waals surface area contributed by atoms with Crippen LogP contribution >= 0.6 is 0 Å². The zero-order chi connectivity index (χ0) is 31.3. The smallest absolute Gasteiger partial charge is 0.416 e. The number of carbonyl (C=O) groups is 3. The van der Waals surface area contributed by atoms with Crippen molar-refractivity contribution in [3.8, 4) is 0 Å². The first-order valence-electron chi connectivity index (χ1n) is 14.0. The van der Waals surface area contributed by atoms with E-state index in [0.717, 1.165) is 23.7 Å². The second-order valence-corrected chi connectivity index (χ2v) is 18.4. The number of rotatable bonds is 8. The van der Waals surface area contributed by atoms with Gasteiger partial charge >= 0.3 is 24.2 Å². The molecule has 1 heterocycles. The fourth-order valence-electron chi connectivity index (χ4n) is 4.66. The molecule has 3 rings (SSSR count). The molecule has 1 aliphatic rings. The summed E-state index contributed by atoms with van der Waals surface area (Å²) in [6.45, 7) is 11.7. The predicted octanol–water partition coefficient (Wildman–Crippen LogP) is 7.28. The first-order chi connectivity index (χ1) is 19.4. The number of ether oxygens (including phenoxy) is 3. The minimum absolute atomic E-state index is 0.0342. The first kappa shape index (κ1) is 33.2. The third-order valence-electron chi connectivity index (χ3n) is 6.87. The number of amides is 1. The van der Waals surface area contributed by atoms with Gasteiger partial charge in [0.05, 0.1) is 23.7 Å². The summed E-state index contributed by atoms with van der Waals surface area (Å²) in [6, 6.07) is 12.7. The molecule has 0 aliphatic carbocycles. The zero-order valence-electron chi connectivity index (χ0n) is 25.0. The van der Waals surface area contributed by atoms with E-state index in [2.05, 4.69) is 19.6 Å². The normalized spacial score (nSPS) is 17.9. The highest BCUT2D eigenvalue weighted by Crippen LogP contribution is 2.39. The first-order valence-corrected chi connectivity index (χ1v) is 17.7. The lowest BCUT2D eigenvalue weighted by atomic mass is 9.78. The SMILES string of the molecule is CC(C)(C)OC(=O)c1cc(C(F)(F)F)ccc1[C@@H]1CN(C(=O)OCc2ccccc2)CC[C@H]1C(=O)OCC[Si](C)(C)C. The Bertz CT molecular complexity index is 1250. The van der Waals surface area contributed by atoms with Crippen LogP contribution in [-0.2, 0) is 31.8 Å². The van der Waals surface area contributed by atoms with Crippen LogP contribution in [0.25, 0.3) is 0 Å². The Kier molecular flexibility index (Phi) is 10.5. The molecular weight excluding hydrogens is 567 g/mol. The topological polar surface area (TPSA) is 82.1 Å². The van der Waals surface area contributed by atoms with Crippen molar-refractivity contribution in [2.75, 3.05) is 19.7 Å². The van der Waals surface area contributed by atoms with Crippen LogP contribution in [0.5, 0.6) is 0 Å². The van der Waals surface area contributed by atoms with E-state index in [0.29, 0.717) is 0 Å². The average molecular weight is 608 g/mol. The average Bonchev–Trinajstić information content (AvgIpc) is 2.89. The lowest BCUT2D eigenvalue weighted by molar-refractivity contribution is -0.150. The van der Waals surface area contributed by atoms with Gasteiger partial charge in [-0.2, -0.15) is 13.2 Å². The summed E-state index contributed by atoms with van der Waals surface area (Å²) < 4.78 is 57.6. The molecule has 0 radical (unpaired) electrons. The van der Waals surface area contributed by atoms with Crippen LogP contribution in [0, 0.1) is 5.92 Å². The molecule has 1 aliphatic heterocycles. The molecule has 230 valence electrons. The van der Waals surface area contributed by atoms with Gasteiger partial charge in [0.25, 0.3) is 0 Å². The second kappa shape index (κ2) is 13.3. The number of alkyl halides is 3. The van der Waals surface area contributed by atoms with Gasteiger partial charge in [0.1, 0.15) is 12.2 Å². The fraction of sp³-hybridized carbons (Fsp3) is 0.516. The highest BCUT2D eigenvalue weighted by Gasteiger charge is 2.41. The number of halogens is 3. The lowest BCUT2D eigenvalue weighted by Crippen LogP contribution is -2.46. The monoisotopic (exact) mass is 607 g/mol. The van der Waals surface area contributed by atoms with Gasteiger partial charge in [-0.15, -0.1) is 0 Å². The van der Waals surface area contributed by atoms with Gasteiger partial charge < -0.3 is 19.1 Å². The van der Waals surface area contributed by atoms with E-state index in [9.17, 15) is 27.6 Å². The lowest BCUT2D eigenvalue weighted by Gasteiger charge is -2.38. The molecule has 0 saturated carbocycles. The highest BCUT2D eigenvalue weighted by atomic mass is 28.3. The number of piperidine rings is 1. The van der Waals surface area contributed by atoms with Crippen LogP contribution in [0.4, 0.5) is 18.0 Å². The van der Waals surface area contributed by atoms with E-state index in [1.54, 1.807) is 20.8 Å². The predicted molar refractivity (Wildman–Crippen MR) is 155 cm³/mol. The number of hydrogen-bond acceptors (Lipinski definition) is 6. The van der Waals surface area contributed by atoms with E-state index in [1.807, 2.05) is 30.3 Å². The van der Waals surface area contributed by atoms with E-state index >= 15 is 0 Å². The van der Waals surface area contributed by atoms with Crippen LogP contribution in [0.2, 0.25) is 25.7 Å². The molecule has 0 N–H and O–H groups in total. The van der Waals surface area contributed by atoms with Crippen molar-refractivity contribution in [1.82, 2.24) is 4.90 Å². The van der Waals surface area contributed by atoms with E-state index in [-0.39, 0.29) is 43.9 Å². The Morgan fingerprint density at radius 3 is 2.24 bits per heavy atom. The van der Waals surface area contributed by atoms with Crippen molar-refractivity contribution < 1.29 is 41.8 Å². The number of hydrogen-bond donors (Lipinski definition) is 0. The maximum absolute atomic E-state index is 13.7. The highest BCUT2D eigenvalue weighted by molar-refractivity contribution is 6.76. The Morgan fingerprint density at radius 1 is 0.976 bits per heavy atom. The molecule has 0 unspecified atom stereocenters. The largest absolute Gasteiger partial charge is 0.466 e. The Labute approximate surface area is 246 Å². The van der Waals surface area contributed by atoms with Crippen molar-refractivity contribution in [3.63, 3.8) is 0 Å². The molecule has 42 heavy (non-hydrogen) atoms. The van der Waals surface area contributed by atoms with Crippen molar-refractivity contribution >= 4 is 26.1 Å². The summed E-state index contributed by atoms with van der Waals surface area (Å²) in [5, 5.41) is 0. The number of nitrogens with zero attached hydrogens (tertiary/aromatic N) is 1. The fourth-order valence-corrected chi connectivity index (χ4v) is 5.37. The maximum atomic E-state index is 13.7. The Morgan fingerprint density at radius 2 is 1.64 bits per heavy atom. The van der Waals surface area contributed by atoms with Gasteiger partial charge in [-0.25, -0.2) is 9.59 Å². The van der Waals surface area contributed by atoms with E-state index < -0.39 is 55.3 Å². The molecule has 0 bridgehead atoms. The van der Waals surface area contributed by atoms with Crippen LogP contribution in [0.15, 0.2) is 48.5 Å². The second-order valence-electron chi connectivity index (χ2n) is 12.8. The van der Waals surface area contributed by atoms with Gasteiger partial charge in [-0.05, 0) is 56.5 Å². The number of likely N-dealkylation sites (tertiary alicyclic amines) is 1. The number of benzene rings is 2. The standard InChI is InChI=1S/C31H40F3NO6Si/c1-30(2,3)41-28(37)25-18-22(31(32,33)34)12-13-23(25)26-19-35(29(38)40-20-21-10-8-7-9-11-21)15-14-24(26)27(36)39-16-17-42(4,5)6/h7-13,18,24,26H,14-17,19-20H2,1-6H3/t24-,26+/m1/s1. The molecule has 11 heteroatoms. The van der Waals surface area contributed by atoms with Crippen molar-refractivity contribution in [1.29, 1.82) is 0 Å². The molecule has 2 atom stereocenters. The zero-order valence-corrected chi connectivity index (χ0v) is 26.0. The summed E-state index contributed by atoms with van der Waals surface area (Å²) in [4.78, 5) is 41.0. The minimum atomic E-state index is -4.70. The van der Waals surface area contributed by atoms with E-state index in [1.165, 1.54) is 11.0 Å². The Hall–Kier alpha value is -3.34. The molecule has 1 amide bonds. The minimum Gasteiger partial charge on any atom is -0.466 e. The van der Waals surface area contributed by atoms with Crippen LogP contribution in [0.1, 0.15) is 60.2 Å². The summed E-state index contributed by atoms with van der Waals surface area (Å²) in [7, 11) is -1.50. The third-order valence-corrected chi connectivity index (χ3v) is 8.58. The van der Waals surface area contributed by atoms with Crippen molar-refractivity contribution in [2.24, 2.45) is 5.92 Å². The van der Waals surface area contributed by atoms with Crippen LogP contribution in [-0.4, -0.2) is 56.3 Å². The molecule has 7 nitrogen and oxygen atoms in total. The van der Waals surface area contributed by atoms with Gasteiger partial charge in [-0.3, -0.25) is 4.79 Å². The summed E-state index contributed by atoms with van der Waals surface area (Å²) in [5.41, 5.74) is -1.32. The van der Waals surface area contributed by atoms with Gasteiger partial charge in [-0.1, -0.05) is 56.0 Å². The van der Waals surface area contributed by atoms with Gasteiger partial charge in [0.15, 0.2) is 0 Å². The van der Waals surface area contributed by atoms with Crippen LogP contribution < -0.4 is 0 Å². The Balaban J connectivity index is 1.96. The summed E-state index contributed by atoms with van der Waals surface area (Å²) in [5.74, 6) is -3.07. The van der Waals surface area contributed by atoms with Gasteiger partial charge in [0, 0.05) is 27.1 Å². The maximum Gasteiger partial charge on any atom is 0.416 e. The molecular formula is C31H40F3NO6Si. The van der Waals surface area contributed by atoms with Crippen LogP contribution in [0.3, 0.4) is 0 Å². The summed E-state index contributed by atoms with van der Waals surface area (Å²) in [6.07, 6.45) is -5.14. The molecule has 2 aromatic carbocycles. The summed E-state index contributed by atoms with van der Waals surface area (Å²) >= 11 is 0. The molecule has 0 aromatic heterocycles. The van der Waals surface area contributed by atoms with Crippen molar-refractivity contribution in [2.45, 2.75) is 77.2 Å². The van der Waals surface area contributed by atoms with Crippen molar-refractivity contribution in [3.05, 3.63) is 70.8 Å². The molecule has 0 spiro atoms. The number of esters is 2. The van der Waals surface area contributed by atoms with Gasteiger partial charge in [0.2, 0.25) is 0 Å². The number of carbonyl (C=O) groups excluding carboxylic acids is 3. The molecule has 1 fully saturated rings. The molecule has 2 aromatic rings. The third kappa shape index (κ3) is 9.61.